The molecule has 1 heterocycles. The summed E-state index contributed by atoms with van der Waals surface area (Å²) in [5.74, 6) is 1.02. The lowest BCUT2D eigenvalue weighted by Gasteiger charge is -2.36. The van der Waals surface area contributed by atoms with Crippen LogP contribution in [0, 0.1) is 0 Å². The van der Waals surface area contributed by atoms with Gasteiger partial charge < -0.3 is 10.1 Å². The molecule has 3 rings (SSSR count). The van der Waals surface area contributed by atoms with Gasteiger partial charge in [0.1, 0.15) is 5.75 Å². The summed E-state index contributed by atoms with van der Waals surface area (Å²) in [5, 5.41) is 6.09. The van der Waals surface area contributed by atoms with E-state index in [0.29, 0.717) is 6.04 Å². The molecule has 0 bridgehead atoms. The third-order valence-electron chi connectivity index (χ3n) is 4.64. The summed E-state index contributed by atoms with van der Waals surface area (Å²) in [6, 6.07) is 13.4. The highest BCUT2D eigenvalue weighted by molar-refractivity contribution is 5.88. The summed E-state index contributed by atoms with van der Waals surface area (Å²) in [7, 11) is 1.79. The molecule has 2 aromatic rings. The lowest BCUT2D eigenvalue weighted by molar-refractivity contribution is 0.163. The van der Waals surface area contributed by atoms with E-state index in [4.69, 9.17) is 4.74 Å². The van der Waals surface area contributed by atoms with Crippen LogP contribution in [-0.2, 0) is 0 Å². The molecular formula is C19H28Cl2N2O. The minimum absolute atomic E-state index is 0. The molecule has 1 atom stereocenters. The van der Waals surface area contributed by atoms with E-state index < -0.39 is 0 Å². The summed E-state index contributed by atoms with van der Waals surface area (Å²) in [6.45, 7) is 6.64. The Hall–Kier alpha value is -1.00. The van der Waals surface area contributed by atoms with Gasteiger partial charge in [0.2, 0.25) is 0 Å². The van der Waals surface area contributed by atoms with Crippen molar-refractivity contribution in [1.82, 2.24) is 10.2 Å². The first-order chi connectivity index (χ1) is 10.8. The van der Waals surface area contributed by atoms with Gasteiger partial charge in [-0.1, -0.05) is 43.7 Å². The van der Waals surface area contributed by atoms with E-state index in [2.05, 4.69) is 53.5 Å². The monoisotopic (exact) mass is 370 g/mol. The highest BCUT2D eigenvalue weighted by Gasteiger charge is 2.25. The molecule has 0 aromatic heterocycles. The second kappa shape index (κ2) is 10.1. The maximum absolute atomic E-state index is 5.73. The van der Waals surface area contributed by atoms with Gasteiger partial charge in [0.05, 0.1) is 7.11 Å². The molecule has 0 aliphatic carbocycles. The van der Waals surface area contributed by atoms with Crippen molar-refractivity contribution in [1.29, 1.82) is 0 Å². The number of methoxy groups -OCH3 is 1. The summed E-state index contributed by atoms with van der Waals surface area (Å²) >= 11 is 0. The standard InChI is InChI=1S/C19H26N2O.2ClH/c1-3-6-17(21-13-11-20-12-14-21)19-16-8-5-4-7-15(16)9-10-18(19)22-2;;/h4-5,7-10,17,20H,3,6,11-14H2,1-2H3;2*1H/t17-;;/m1../s1. The maximum Gasteiger partial charge on any atom is 0.124 e. The fourth-order valence-corrected chi connectivity index (χ4v) is 3.57. The van der Waals surface area contributed by atoms with Crippen molar-refractivity contribution in [3.8, 4) is 5.75 Å². The van der Waals surface area contributed by atoms with Gasteiger partial charge in [0.25, 0.3) is 0 Å². The predicted molar refractivity (Wildman–Crippen MR) is 107 cm³/mol. The molecule has 0 radical (unpaired) electrons. The van der Waals surface area contributed by atoms with Crippen molar-refractivity contribution in [2.45, 2.75) is 25.8 Å². The molecular weight excluding hydrogens is 343 g/mol. The molecule has 3 nitrogen and oxygen atoms in total. The molecule has 0 amide bonds. The molecule has 1 N–H and O–H groups in total. The van der Waals surface area contributed by atoms with Gasteiger partial charge in [0, 0.05) is 37.8 Å². The van der Waals surface area contributed by atoms with Crippen molar-refractivity contribution >= 4 is 35.6 Å². The van der Waals surface area contributed by atoms with E-state index in [1.54, 1.807) is 7.11 Å². The predicted octanol–water partition coefficient (Wildman–Crippen LogP) is 4.44. The average Bonchev–Trinajstić information content (AvgIpc) is 2.59. The van der Waals surface area contributed by atoms with Gasteiger partial charge in [0.15, 0.2) is 0 Å². The van der Waals surface area contributed by atoms with Crippen LogP contribution in [0.2, 0.25) is 0 Å². The molecule has 5 heteroatoms. The number of nitrogens with one attached hydrogen (secondary N) is 1. The quantitative estimate of drug-likeness (QED) is 0.841. The van der Waals surface area contributed by atoms with Crippen molar-refractivity contribution < 1.29 is 4.74 Å². The Kier molecular flexibility index (Phi) is 8.85. The number of piperazine rings is 1. The highest BCUT2D eigenvalue weighted by Crippen LogP contribution is 2.38. The molecule has 1 saturated heterocycles. The molecule has 24 heavy (non-hydrogen) atoms. The van der Waals surface area contributed by atoms with Crippen LogP contribution in [0.3, 0.4) is 0 Å². The fraction of sp³-hybridized carbons (Fsp3) is 0.474. The van der Waals surface area contributed by atoms with Crippen LogP contribution in [0.25, 0.3) is 10.8 Å². The van der Waals surface area contributed by atoms with Crippen molar-refractivity contribution in [2.75, 3.05) is 33.3 Å². The Labute approximate surface area is 157 Å². The second-order valence-electron chi connectivity index (χ2n) is 5.99. The van der Waals surface area contributed by atoms with Crippen LogP contribution in [0.5, 0.6) is 5.75 Å². The van der Waals surface area contributed by atoms with Crippen LogP contribution in [0.15, 0.2) is 36.4 Å². The van der Waals surface area contributed by atoms with E-state index in [9.17, 15) is 0 Å². The van der Waals surface area contributed by atoms with Crippen LogP contribution >= 0.6 is 24.8 Å². The normalized spacial score (nSPS) is 16.1. The zero-order valence-corrected chi connectivity index (χ0v) is 16.1. The Morgan fingerprint density at radius 1 is 1.08 bits per heavy atom. The molecule has 0 saturated carbocycles. The Balaban J connectivity index is 0.00000144. The summed E-state index contributed by atoms with van der Waals surface area (Å²) in [4.78, 5) is 2.62. The number of halogens is 2. The van der Waals surface area contributed by atoms with E-state index in [-0.39, 0.29) is 24.8 Å². The topological polar surface area (TPSA) is 24.5 Å². The Morgan fingerprint density at radius 3 is 2.46 bits per heavy atom. The van der Waals surface area contributed by atoms with Gasteiger partial charge >= 0.3 is 0 Å². The number of rotatable bonds is 5. The van der Waals surface area contributed by atoms with Gasteiger partial charge in [-0.25, -0.2) is 0 Å². The molecule has 1 fully saturated rings. The molecule has 1 aliphatic rings. The minimum atomic E-state index is 0. The SMILES string of the molecule is CCC[C@H](c1c(OC)ccc2ccccc12)N1CCNCC1.Cl.Cl. The summed E-state index contributed by atoms with van der Waals surface area (Å²) < 4.78 is 5.73. The zero-order valence-electron chi connectivity index (χ0n) is 14.5. The summed E-state index contributed by atoms with van der Waals surface area (Å²) in [6.07, 6.45) is 2.35. The number of fused-ring (bicyclic) bond motifs is 1. The number of nitrogens with zero attached hydrogens (tertiary/aromatic N) is 1. The third kappa shape index (κ3) is 4.34. The molecule has 134 valence electrons. The number of hydrogen-bond acceptors (Lipinski definition) is 3. The van der Waals surface area contributed by atoms with Crippen LogP contribution in [-0.4, -0.2) is 38.2 Å². The molecule has 2 aromatic carbocycles. The Morgan fingerprint density at radius 2 is 1.79 bits per heavy atom. The lowest BCUT2D eigenvalue weighted by atomic mass is 9.93. The van der Waals surface area contributed by atoms with Crippen molar-refractivity contribution in [3.63, 3.8) is 0 Å². The summed E-state index contributed by atoms with van der Waals surface area (Å²) in [5.41, 5.74) is 1.37. The van der Waals surface area contributed by atoms with Gasteiger partial charge in [-0.3, -0.25) is 4.90 Å². The largest absolute Gasteiger partial charge is 0.496 e. The fourth-order valence-electron chi connectivity index (χ4n) is 3.57. The first-order valence-corrected chi connectivity index (χ1v) is 8.35. The van der Waals surface area contributed by atoms with E-state index >= 15 is 0 Å². The number of benzene rings is 2. The maximum atomic E-state index is 5.73. The first-order valence-electron chi connectivity index (χ1n) is 8.35. The van der Waals surface area contributed by atoms with Crippen molar-refractivity contribution in [2.24, 2.45) is 0 Å². The highest BCUT2D eigenvalue weighted by atomic mass is 35.5. The van der Waals surface area contributed by atoms with Crippen LogP contribution in [0.1, 0.15) is 31.4 Å². The Bertz CT molecular complexity index is 630. The lowest BCUT2D eigenvalue weighted by Crippen LogP contribution is -2.45. The number of hydrogen-bond donors (Lipinski definition) is 1. The van der Waals surface area contributed by atoms with Crippen molar-refractivity contribution in [3.05, 3.63) is 42.0 Å². The number of ether oxygens (including phenoxy) is 1. The third-order valence-corrected chi connectivity index (χ3v) is 4.64. The van der Waals surface area contributed by atoms with E-state index in [1.807, 2.05) is 0 Å². The minimum Gasteiger partial charge on any atom is -0.496 e. The molecule has 0 unspecified atom stereocenters. The first kappa shape index (κ1) is 21.0. The zero-order chi connectivity index (χ0) is 15.4. The molecule has 0 spiro atoms. The van der Waals surface area contributed by atoms with Crippen LogP contribution < -0.4 is 10.1 Å². The van der Waals surface area contributed by atoms with E-state index in [0.717, 1.165) is 31.9 Å². The van der Waals surface area contributed by atoms with Gasteiger partial charge in [-0.2, -0.15) is 0 Å². The smallest absolute Gasteiger partial charge is 0.124 e. The van der Waals surface area contributed by atoms with Crippen LogP contribution in [0.4, 0.5) is 0 Å². The van der Waals surface area contributed by atoms with Gasteiger partial charge in [-0.05, 0) is 23.3 Å². The second-order valence-corrected chi connectivity index (χ2v) is 5.99. The van der Waals surface area contributed by atoms with Gasteiger partial charge in [-0.15, -0.1) is 24.8 Å². The average molecular weight is 371 g/mol. The van der Waals surface area contributed by atoms with E-state index in [1.165, 1.54) is 29.2 Å². The molecule has 1 aliphatic heterocycles.